The van der Waals surface area contributed by atoms with Crippen LogP contribution in [0.1, 0.15) is 35.7 Å². The number of anilines is 1. The molecule has 0 bridgehead atoms. The third kappa shape index (κ3) is 5.16. The van der Waals surface area contributed by atoms with Gasteiger partial charge in [0.15, 0.2) is 5.78 Å². The topological polar surface area (TPSA) is 72.0 Å². The van der Waals surface area contributed by atoms with Crippen LogP contribution in [0.3, 0.4) is 0 Å². The first-order valence-electron chi connectivity index (χ1n) is 7.74. The van der Waals surface area contributed by atoms with Crippen molar-refractivity contribution in [2.24, 2.45) is 5.92 Å². The second-order valence-electron chi connectivity index (χ2n) is 5.83. The Hall–Kier alpha value is -2.21. The first kappa shape index (κ1) is 18.1. The van der Waals surface area contributed by atoms with Gasteiger partial charge in [0, 0.05) is 22.9 Å². The van der Waals surface area contributed by atoms with E-state index >= 15 is 0 Å². The van der Waals surface area contributed by atoms with E-state index in [0.717, 1.165) is 10.7 Å². The molecule has 0 unspecified atom stereocenters. The predicted octanol–water partition coefficient (Wildman–Crippen LogP) is 3.66. The van der Waals surface area contributed by atoms with Gasteiger partial charge in [-0.1, -0.05) is 25.6 Å². The number of carbonyl (C=O) groups excluding carboxylic acids is 2. The summed E-state index contributed by atoms with van der Waals surface area (Å²) in [6, 6.07) is 8.83. The number of carbonyl (C=O) groups is 2. The van der Waals surface area contributed by atoms with Crippen molar-refractivity contribution in [1.82, 2.24) is 9.97 Å². The van der Waals surface area contributed by atoms with Gasteiger partial charge < -0.3 is 5.32 Å². The van der Waals surface area contributed by atoms with Gasteiger partial charge in [0.2, 0.25) is 5.91 Å². The Morgan fingerprint density at radius 3 is 2.38 bits per heavy atom. The smallest absolute Gasteiger partial charge is 0.226 e. The first-order chi connectivity index (χ1) is 11.3. The molecule has 0 fully saturated rings. The van der Waals surface area contributed by atoms with Crippen LogP contribution in [0.4, 0.5) is 5.69 Å². The number of aryl methyl sites for hydroxylation is 2. The molecular formula is C18H21N3O2S. The van der Waals surface area contributed by atoms with Crippen molar-refractivity contribution in [3.8, 4) is 0 Å². The van der Waals surface area contributed by atoms with Gasteiger partial charge in [-0.05, 0) is 44.2 Å². The largest absolute Gasteiger partial charge is 0.326 e. The molecule has 0 atom stereocenters. The minimum absolute atomic E-state index is 0.0238. The van der Waals surface area contributed by atoms with Crippen molar-refractivity contribution in [1.29, 1.82) is 0 Å². The molecule has 1 N–H and O–H groups in total. The number of ketones is 1. The molecule has 0 saturated heterocycles. The highest BCUT2D eigenvalue weighted by atomic mass is 32.2. The summed E-state index contributed by atoms with van der Waals surface area (Å²) >= 11 is 1.40. The molecule has 1 heterocycles. The summed E-state index contributed by atoms with van der Waals surface area (Å²) in [6.07, 6.45) is 0. The van der Waals surface area contributed by atoms with Crippen LogP contribution in [-0.4, -0.2) is 27.4 Å². The zero-order chi connectivity index (χ0) is 17.7. The fourth-order valence-electron chi connectivity index (χ4n) is 2.01. The maximum absolute atomic E-state index is 12.3. The molecule has 2 rings (SSSR count). The maximum atomic E-state index is 12.3. The van der Waals surface area contributed by atoms with Crippen LogP contribution < -0.4 is 5.32 Å². The van der Waals surface area contributed by atoms with E-state index in [1.165, 1.54) is 11.8 Å². The second kappa shape index (κ2) is 8.06. The van der Waals surface area contributed by atoms with E-state index in [2.05, 4.69) is 15.3 Å². The summed E-state index contributed by atoms with van der Waals surface area (Å²) in [5.41, 5.74) is 2.20. The molecule has 0 aliphatic heterocycles. The van der Waals surface area contributed by atoms with E-state index < -0.39 is 0 Å². The number of benzene rings is 1. The lowest BCUT2D eigenvalue weighted by Crippen LogP contribution is -2.17. The Morgan fingerprint density at radius 2 is 1.79 bits per heavy atom. The molecule has 2 aromatic rings. The molecule has 5 nitrogen and oxygen atoms in total. The molecule has 0 aliphatic carbocycles. The van der Waals surface area contributed by atoms with Gasteiger partial charge in [0.05, 0.1) is 5.75 Å². The van der Waals surface area contributed by atoms with Crippen molar-refractivity contribution in [3.05, 3.63) is 47.4 Å². The van der Waals surface area contributed by atoms with Gasteiger partial charge >= 0.3 is 0 Å². The summed E-state index contributed by atoms with van der Waals surface area (Å²) < 4.78 is 0. The molecule has 6 heteroatoms. The second-order valence-corrected chi connectivity index (χ2v) is 6.82. The van der Waals surface area contributed by atoms with Gasteiger partial charge in [-0.25, -0.2) is 9.97 Å². The molecule has 0 aliphatic rings. The summed E-state index contributed by atoms with van der Waals surface area (Å²) in [5.74, 6) is 0.917. The van der Waals surface area contributed by atoms with Crippen molar-refractivity contribution in [2.75, 3.05) is 11.1 Å². The Labute approximate surface area is 146 Å². The van der Waals surface area contributed by atoms with E-state index in [1.807, 2.05) is 33.8 Å². The lowest BCUT2D eigenvalue weighted by atomic mass is 10.1. The number of Topliss-reactive ketones (excluding diaryl/α,β-unsaturated/α-hetero) is 1. The van der Waals surface area contributed by atoms with E-state index in [-0.39, 0.29) is 17.6 Å². The molecular weight excluding hydrogens is 322 g/mol. The molecule has 24 heavy (non-hydrogen) atoms. The Balaban J connectivity index is 1.96. The molecule has 1 aromatic carbocycles. The Morgan fingerprint density at radius 1 is 1.12 bits per heavy atom. The fraction of sp³-hybridized carbons (Fsp3) is 0.333. The SMILES string of the molecule is Cc1cc(SCC(=O)c2ccc(NC(=O)C(C)C)cc2)nc(C)n1. The molecule has 1 amide bonds. The lowest BCUT2D eigenvalue weighted by molar-refractivity contribution is -0.118. The van der Waals surface area contributed by atoms with Crippen molar-refractivity contribution in [3.63, 3.8) is 0 Å². The zero-order valence-corrected chi connectivity index (χ0v) is 15.1. The van der Waals surface area contributed by atoms with Crippen molar-refractivity contribution < 1.29 is 9.59 Å². The number of aromatic nitrogens is 2. The summed E-state index contributed by atoms with van der Waals surface area (Å²) in [5, 5.41) is 3.61. The first-order valence-corrected chi connectivity index (χ1v) is 8.73. The predicted molar refractivity (Wildman–Crippen MR) is 96.5 cm³/mol. The lowest BCUT2D eigenvalue weighted by Gasteiger charge is -2.08. The highest BCUT2D eigenvalue weighted by Crippen LogP contribution is 2.19. The third-order valence-electron chi connectivity index (χ3n) is 3.29. The quantitative estimate of drug-likeness (QED) is 0.492. The number of hydrogen-bond acceptors (Lipinski definition) is 5. The van der Waals surface area contributed by atoms with Gasteiger partial charge in [0.1, 0.15) is 10.9 Å². The number of nitrogens with one attached hydrogen (secondary N) is 1. The van der Waals surface area contributed by atoms with Crippen LogP contribution in [0.15, 0.2) is 35.4 Å². The number of thioether (sulfide) groups is 1. The third-order valence-corrected chi connectivity index (χ3v) is 4.20. The number of hydrogen-bond donors (Lipinski definition) is 1. The van der Waals surface area contributed by atoms with Crippen LogP contribution in [0.2, 0.25) is 0 Å². The maximum Gasteiger partial charge on any atom is 0.226 e. The Bertz CT molecular complexity index is 722. The minimum atomic E-state index is -0.0810. The number of amides is 1. The van der Waals surface area contributed by atoms with Crippen molar-refractivity contribution >= 4 is 29.1 Å². The summed E-state index contributed by atoms with van der Waals surface area (Å²) in [6.45, 7) is 7.41. The molecule has 1 aromatic heterocycles. The van der Waals surface area contributed by atoms with Gasteiger partial charge in [-0.15, -0.1) is 0 Å². The highest BCUT2D eigenvalue weighted by molar-refractivity contribution is 7.99. The van der Waals surface area contributed by atoms with Crippen LogP contribution in [0.25, 0.3) is 0 Å². The fourth-order valence-corrected chi connectivity index (χ4v) is 2.90. The van der Waals surface area contributed by atoms with Crippen LogP contribution in [0.5, 0.6) is 0 Å². The highest BCUT2D eigenvalue weighted by Gasteiger charge is 2.10. The van der Waals surface area contributed by atoms with E-state index in [9.17, 15) is 9.59 Å². The standard InChI is InChI=1S/C18H21N3O2S/c1-11(2)18(23)21-15-7-5-14(6-8-15)16(22)10-24-17-9-12(3)19-13(4)20-17/h5-9,11H,10H2,1-4H3,(H,21,23). The minimum Gasteiger partial charge on any atom is -0.326 e. The van der Waals surface area contributed by atoms with E-state index in [0.29, 0.717) is 22.8 Å². The average molecular weight is 343 g/mol. The van der Waals surface area contributed by atoms with E-state index in [4.69, 9.17) is 0 Å². The monoisotopic (exact) mass is 343 g/mol. The molecule has 0 radical (unpaired) electrons. The van der Waals surface area contributed by atoms with Crippen LogP contribution >= 0.6 is 11.8 Å². The van der Waals surface area contributed by atoms with Gasteiger partial charge in [-0.3, -0.25) is 9.59 Å². The zero-order valence-electron chi connectivity index (χ0n) is 14.3. The van der Waals surface area contributed by atoms with Gasteiger partial charge in [-0.2, -0.15) is 0 Å². The van der Waals surface area contributed by atoms with Crippen LogP contribution in [-0.2, 0) is 4.79 Å². The van der Waals surface area contributed by atoms with E-state index in [1.54, 1.807) is 24.3 Å². The molecule has 0 saturated carbocycles. The van der Waals surface area contributed by atoms with Crippen LogP contribution in [0, 0.1) is 19.8 Å². The molecule has 0 spiro atoms. The number of rotatable bonds is 6. The summed E-state index contributed by atoms with van der Waals surface area (Å²) in [4.78, 5) is 32.5. The average Bonchev–Trinajstić information content (AvgIpc) is 2.52. The summed E-state index contributed by atoms with van der Waals surface area (Å²) in [7, 11) is 0. The van der Waals surface area contributed by atoms with Gasteiger partial charge in [0.25, 0.3) is 0 Å². The molecule has 126 valence electrons. The van der Waals surface area contributed by atoms with Crippen molar-refractivity contribution in [2.45, 2.75) is 32.7 Å². The normalized spacial score (nSPS) is 10.7. The number of nitrogens with zero attached hydrogens (tertiary/aromatic N) is 2. The Kier molecular flexibility index (Phi) is 6.09.